The van der Waals surface area contributed by atoms with E-state index in [9.17, 15) is 0 Å². The number of nitrogens with zero attached hydrogens (tertiary/aromatic N) is 1. The van der Waals surface area contributed by atoms with E-state index < -0.39 is 0 Å². The second-order valence-electron chi connectivity index (χ2n) is 5.19. The molecule has 1 aromatic carbocycles. The molecular formula is C14H18N2S. The van der Waals surface area contributed by atoms with Crippen LogP contribution in [0.3, 0.4) is 0 Å². The number of benzene rings is 1. The molecule has 2 N–H and O–H groups in total. The van der Waals surface area contributed by atoms with Crippen molar-refractivity contribution in [1.29, 1.82) is 0 Å². The Bertz CT molecular complexity index is 509. The normalized spacial score (nSPS) is 11.8. The smallest absolute Gasteiger partial charge is 0.0986 e. The Kier molecular flexibility index (Phi) is 3.31. The van der Waals surface area contributed by atoms with E-state index in [1.807, 2.05) is 12.1 Å². The van der Waals surface area contributed by atoms with Gasteiger partial charge in [0, 0.05) is 22.9 Å². The van der Waals surface area contributed by atoms with Gasteiger partial charge in [0.1, 0.15) is 0 Å². The highest BCUT2D eigenvalue weighted by Gasteiger charge is 2.18. The molecule has 2 aromatic rings. The zero-order valence-corrected chi connectivity index (χ0v) is 11.3. The maximum Gasteiger partial charge on any atom is 0.0986 e. The first kappa shape index (κ1) is 12.3. The van der Waals surface area contributed by atoms with E-state index in [0.717, 1.165) is 16.8 Å². The molecule has 0 radical (unpaired) electrons. The molecule has 0 aliphatic rings. The molecule has 0 saturated carbocycles. The van der Waals surface area contributed by atoms with Gasteiger partial charge in [0.2, 0.25) is 0 Å². The number of nitrogens with two attached hydrogens (primary N) is 1. The van der Waals surface area contributed by atoms with Crippen molar-refractivity contribution in [2.45, 2.75) is 32.7 Å². The summed E-state index contributed by atoms with van der Waals surface area (Å²) in [5.41, 5.74) is 9.12. The van der Waals surface area contributed by atoms with Crippen molar-refractivity contribution in [3.05, 3.63) is 40.2 Å². The second-order valence-corrected chi connectivity index (χ2v) is 6.05. The molecule has 90 valence electrons. The fourth-order valence-corrected chi connectivity index (χ4v) is 2.53. The number of rotatable bonds is 2. The van der Waals surface area contributed by atoms with Gasteiger partial charge in [-0.1, -0.05) is 39.0 Å². The Morgan fingerprint density at radius 3 is 2.65 bits per heavy atom. The van der Waals surface area contributed by atoms with Crippen LogP contribution in [-0.2, 0) is 12.0 Å². The van der Waals surface area contributed by atoms with Crippen LogP contribution in [0.4, 0.5) is 0 Å². The van der Waals surface area contributed by atoms with E-state index in [4.69, 9.17) is 10.7 Å². The first-order valence-electron chi connectivity index (χ1n) is 5.76. The lowest BCUT2D eigenvalue weighted by atomic mass is 9.98. The predicted octanol–water partition coefficient (Wildman–Crippen LogP) is 3.57. The molecule has 1 aromatic heterocycles. The van der Waals surface area contributed by atoms with Crippen molar-refractivity contribution in [3.63, 3.8) is 0 Å². The summed E-state index contributed by atoms with van der Waals surface area (Å²) in [6.07, 6.45) is 0. The molecule has 0 saturated heterocycles. The van der Waals surface area contributed by atoms with Gasteiger partial charge < -0.3 is 5.73 Å². The van der Waals surface area contributed by atoms with E-state index in [0.29, 0.717) is 6.54 Å². The zero-order chi connectivity index (χ0) is 12.5. The molecule has 0 atom stereocenters. The lowest BCUT2D eigenvalue weighted by Gasteiger charge is -2.13. The molecule has 0 amide bonds. The second kappa shape index (κ2) is 4.59. The zero-order valence-electron chi connectivity index (χ0n) is 10.5. The van der Waals surface area contributed by atoms with Gasteiger partial charge >= 0.3 is 0 Å². The summed E-state index contributed by atoms with van der Waals surface area (Å²) < 4.78 is 0. The third kappa shape index (κ3) is 2.73. The van der Waals surface area contributed by atoms with Crippen molar-refractivity contribution >= 4 is 11.3 Å². The Balaban J connectivity index is 2.37. The first-order valence-corrected chi connectivity index (χ1v) is 6.64. The van der Waals surface area contributed by atoms with Crippen LogP contribution >= 0.6 is 11.3 Å². The summed E-state index contributed by atoms with van der Waals surface area (Å²) >= 11 is 1.72. The average molecular weight is 246 g/mol. The Morgan fingerprint density at radius 2 is 2.06 bits per heavy atom. The van der Waals surface area contributed by atoms with Crippen LogP contribution in [0.15, 0.2) is 29.6 Å². The lowest BCUT2D eigenvalue weighted by molar-refractivity contribution is 0.586. The van der Waals surface area contributed by atoms with E-state index in [-0.39, 0.29) is 5.41 Å². The van der Waals surface area contributed by atoms with Crippen LogP contribution in [0.1, 0.15) is 31.3 Å². The van der Waals surface area contributed by atoms with Crippen LogP contribution in [0.2, 0.25) is 0 Å². The first-order chi connectivity index (χ1) is 8.00. The third-order valence-corrected chi connectivity index (χ3v) is 3.87. The molecular weight excluding hydrogens is 228 g/mol. The standard InChI is InChI=1S/C14H18N2S/c1-14(2,3)13-16-12(9-17-13)11-6-4-5-10(7-11)8-15/h4-7,9H,8,15H2,1-3H3. The SMILES string of the molecule is CC(C)(C)c1nc(-c2cccc(CN)c2)cs1. The molecule has 0 unspecified atom stereocenters. The van der Waals surface area contributed by atoms with Crippen LogP contribution < -0.4 is 5.73 Å². The summed E-state index contributed by atoms with van der Waals surface area (Å²) in [6.45, 7) is 7.13. The molecule has 0 fully saturated rings. The van der Waals surface area contributed by atoms with Gasteiger partial charge in [-0.25, -0.2) is 4.98 Å². The Hall–Kier alpha value is -1.19. The molecule has 0 aliphatic carbocycles. The van der Waals surface area contributed by atoms with Gasteiger partial charge in [0.15, 0.2) is 0 Å². The number of hydrogen-bond acceptors (Lipinski definition) is 3. The average Bonchev–Trinajstić information content (AvgIpc) is 2.78. The summed E-state index contributed by atoms with van der Waals surface area (Å²) in [5, 5.41) is 3.29. The van der Waals surface area contributed by atoms with Crippen molar-refractivity contribution < 1.29 is 0 Å². The number of thiazole rings is 1. The predicted molar refractivity (Wildman–Crippen MR) is 74.1 cm³/mol. The minimum atomic E-state index is 0.119. The Labute approximate surface area is 107 Å². The Morgan fingerprint density at radius 1 is 1.29 bits per heavy atom. The van der Waals surface area contributed by atoms with Crippen LogP contribution in [0.25, 0.3) is 11.3 Å². The van der Waals surface area contributed by atoms with Crippen molar-refractivity contribution in [2.24, 2.45) is 5.73 Å². The molecule has 0 spiro atoms. The van der Waals surface area contributed by atoms with Gasteiger partial charge in [-0.15, -0.1) is 11.3 Å². The van der Waals surface area contributed by atoms with Gasteiger partial charge in [-0.3, -0.25) is 0 Å². The van der Waals surface area contributed by atoms with Gasteiger partial charge in [-0.05, 0) is 11.6 Å². The van der Waals surface area contributed by atoms with E-state index in [1.165, 1.54) is 5.01 Å². The fraction of sp³-hybridized carbons (Fsp3) is 0.357. The topological polar surface area (TPSA) is 38.9 Å². The molecule has 2 nitrogen and oxygen atoms in total. The lowest BCUT2D eigenvalue weighted by Crippen LogP contribution is -2.10. The molecule has 0 aliphatic heterocycles. The number of hydrogen-bond donors (Lipinski definition) is 1. The highest BCUT2D eigenvalue weighted by atomic mass is 32.1. The quantitative estimate of drug-likeness (QED) is 0.880. The van der Waals surface area contributed by atoms with Crippen molar-refractivity contribution in [3.8, 4) is 11.3 Å². The summed E-state index contributed by atoms with van der Waals surface area (Å²) in [7, 11) is 0. The maximum atomic E-state index is 5.65. The summed E-state index contributed by atoms with van der Waals surface area (Å²) in [6, 6.07) is 8.27. The van der Waals surface area contributed by atoms with Gasteiger partial charge in [-0.2, -0.15) is 0 Å². The summed E-state index contributed by atoms with van der Waals surface area (Å²) in [5.74, 6) is 0. The van der Waals surface area contributed by atoms with E-state index in [1.54, 1.807) is 11.3 Å². The van der Waals surface area contributed by atoms with Crippen molar-refractivity contribution in [2.75, 3.05) is 0 Å². The van der Waals surface area contributed by atoms with Crippen LogP contribution in [-0.4, -0.2) is 4.98 Å². The maximum absolute atomic E-state index is 5.65. The monoisotopic (exact) mass is 246 g/mol. The minimum Gasteiger partial charge on any atom is -0.326 e. The fourth-order valence-electron chi connectivity index (χ4n) is 1.61. The molecule has 3 heteroatoms. The summed E-state index contributed by atoms with van der Waals surface area (Å²) in [4.78, 5) is 4.70. The number of aromatic nitrogens is 1. The molecule has 17 heavy (non-hydrogen) atoms. The highest BCUT2D eigenvalue weighted by Crippen LogP contribution is 2.30. The largest absolute Gasteiger partial charge is 0.326 e. The minimum absolute atomic E-state index is 0.119. The van der Waals surface area contributed by atoms with Gasteiger partial charge in [0.05, 0.1) is 10.7 Å². The van der Waals surface area contributed by atoms with E-state index >= 15 is 0 Å². The molecule has 2 rings (SSSR count). The highest BCUT2D eigenvalue weighted by molar-refractivity contribution is 7.10. The van der Waals surface area contributed by atoms with E-state index in [2.05, 4.69) is 38.3 Å². The third-order valence-electron chi connectivity index (χ3n) is 2.60. The van der Waals surface area contributed by atoms with Crippen molar-refractivity contribution in [1.82, 2.24) is 4.98 Å². The van der Waals surface area contributed by atoms with Crippen LogP contribution in [0, 0.1) is 0 Å². The van der Waals surface area contributed by atoms with Crippen LogP contribution in [0.5, 0.6) is 0 Å². The molecule has 1 heterocycles. The van der Waals surface area contributed by atoms with Gasteiger partial charge in [0.25, 0.3) is 0 Å². The molecule has 0 bridgehead atoms.